The lowest BCUT2D eigenvalue weighted by Crippen LogP contribution is -2.60. The van der Waals surface area contributed by atoms with Crippen molar-refractivity contribution in [1.29, 1.82) is 0 Å². The molecule has 2 fully saturated rings. The Balaban J connectivity index is 1.98. The van der Waals surface area contributed by atoms with Crippen LogP contribution in [0.15, 0.2) is 30.3 Å². The quantitative estimate of drug-likeness (QED) is 0.664. The van der Waals surface area contributed by atoms with Gasteiger partial charge in [-0.25, -0.2) is 0 Å². The van der Waals surface area contributed by atoms with E-state index in [9.17, 15) is 0 Å². The first-order chi connectivity index (χ1) is 10.1. The van der Waals surface area contributed by atoms with Crippen LogP contribution in [0.4, 0.5) is 5.69 Å². The molecule has 0 aliphatic heterocycles. The Labute approximate surface area is 130 Å². The number of anilines is 1. The van der Waals surface area contributed by atoms with Gasteiger partial charge >= 0.3 is 0 Å². The molecular weight excluding hydrogens is 254 g/mol. The van der Waals surface area contributed by atoms with Crippen LogP contribution < -0.4 is 4.90 Å². The fourth-order valence-corrected chi connectivity index (χ4v) is 4.93. The molecule has 0 heterocycles. The van der Waals surface area contributed by atoms with Gasteiger partial charge in [0.1, 0.15) is 0 Å². The van der Waals surface area contributed by atoms with E-state index in [1.807, 2.05) is 0 Å². The van der Waals surface area contributed by atoms with Crippen molar-refractivity contribution in [2.45, 2.75) is 89.1 Å². The van der Waals surface area contributed by atoms with E-state index in [0.717, 1.165) is 0 Å². The SMILES string of the molecule is CC1(N(c2ccccc2)C2(C)CCCCC2)CCCCC1. The molecule has 0 radical (unpaired) electrons. The zero-order valence-electron chi connectivity index (χ0n) is 13.9. The first-order valence-electron chi connectivity index (χ1n) is 9.00. The maximum Gasteiger partial charge on any atom is 0.0379 e. The largest absolute Gasteiger partial charge is 0.361 e. The summed E-state index contributed by atoms with van der Waals surface area (Å²) in [6.45, 7) is 5.05. The zero-order valence-corrected chi connectivity index (χ0v) is 13.9. The highest BCUT2D eigenvalue weighted by atomic mass is 15.3. The highest BCUT2D eigenvalue weighted by Gasteiger charge is 2.44. The van der Waals surface area contributed by atoms with E-state index in [-0.39, 0.29) is 0 Å². The van der Waals surface area contributed by atoms with Gasteiger partial charge in [-0.15, -0.1) is 0 Å². The summed E-state index contributed by atoms with van der Waals surface area (Å²) < 4.78 is 0. The molecule has 0 aromatic heterocycles. The van der Waals surface area contributed by atoms with Gasteiger partial charge in [-0.2, -0.15) is 0 Å². The van der Waals surface area contributed by atoms with Crippen LogP contribution in [0.3, 0.4) is 0 Å². The molecule has 1 nitrogen and oxygen atoms in total. The third kappa shape index (κ3) is 2.98. The first kappa shape index (κ1) is 14.9. The minimum absolute atomic E-state index is 0.353. The maximum atomic E-state index is 2.85. The van der Waals surface area contributed by atoms with E-state index in [2.05, 4.69) is 49.1 Å². The topological polar surface area (TPSA) is 3.24 Å². The molecule has 3 rings (SSSR count). The summed E-state index contributed by atoms with van der Waals surface area (Å²) >= 11 is 0. The van der Waals surface area contributed by atoms with Gasteiger partial charge < -0.3 is 4.90 Å². The molecule has 0 unspecified atom stereocenters. The second-order valence-electron chi connectivity index (χ2n) is 7.79. The average Bonchev–Trinajstić information content (AvgIpc) is 2.49. The van der Waals surface area contributed by atoms with Gasteiger partial charge in [0.15, 0.2) is 0 Å². The molecule has 2 saturated carbocycles. The Bertz CT molecular complexity index is 414. The predicted octanol–water partition coefficient (Wildman–Crippen LogP) is 5.94. The molecule has 0 atom stereocenters. The van der Waals surface area contributed by atoms with Gasteiger partial charge in [0.25, 0.3) is 0 Å². The fraction of sp³-hybridized carbons (Fsp3) is 0.700. The Hall–Kier alpha value is -0.980. The number of rotatable bonds is 3. The Kier molecular flexibility index (Phi) is 4.28. The molecular formula is C20H31N. The summed E-state index contributed by atoms with van der Waals surface area (Å²) in [5.41, 5.74) is 2.16. The Morgan fingerprint density at radius 1 is 0.667 bits per heavy atom. The van der Waals surface area contributed by atoms with Crippen molar-refractivity contribution in [2.75, 3.05) is 4.90 Å². The molecule has 2 aliphatic rings. The lowest BCUT2D eigenvalue weighted by atomic mass is 9.74. The smallest absolute Gasteiger partial charge is 0.0379 e. The molecule has 0 saturated heterocycles. The highest BCUT2D eigenvalue weighted by molar-refractivity contribution is 5.52. The van der Waals surface area contributed by atoms with Crippen LogP contribution >= 0.6 is 0 Å². The standard InChI is InChI=1S/C20H31N/c1-19(14-8-4-9-15-19)21(18-12-6-3-7-13-18)20(2)16-10-5-11-17-20/h3,6-7,12-13H,4-5,8-11,14-17H2,1-2H3. The third-order valence-corrected chi connectivity index (χ3v) is 5.96. The lowest BCUT2D eigenvalue weighted by Gasteiger charge is -2.56. The Morgan fingerprint density at radius 2 is 1.10 bits per heavy atom. The molecule has 0 amide bonds. The van der Waals surface area contributed by atoms with Gasteiger partial charge in [-0.05, 0) is 51.7 Å². The molecule has 0 N–H and O–H groups in total. The van der Waals surface area contributed by atoms with Crippen molar-refractivity contribution >= 4 is 5.69 Å². The number of nitrogens with zero attached hydrogens (tertiary/aromatic N) is 1. The minimum Gasteiger partial charge on any atom is -0.361 e. The van der Waals surface area contributed by atoms with Crippen LogP contribution in [0, 0.1) is 0 Å². The summed E-state index contributed by atoms with van der Waals surface area (Å²) in [4.78, 5) is 2.85. The number of hydrogen-bond acceptors (Lipinski definition) is 1. The van der Waals surface area contributed by atoms with Crippen molar-refractivity contribution in [1.82, 2.24) is 0 Å². The van der Waals surface area contributed by atoms with Gasteiger partial charge in [0.2, 0.25) is 0 Å². The normalized spacial score (nSPS) is 24.5. The van der Waals surface area contributed by atoms with Gasteiger partial charge in [-0.1, -0.05) is 56.7 Å². The van der Waals surface area contributed by atoms with E-state index in [4.69, 9.17) is 0 Å². The van der Waals surface area contributed by atoms with Gasteiger partial charge in [0, 0.05) is 16.8 Å². The molecule has 2 aliphatic carbocycles. The molecule has 0 bridgehead atoms. The summed E-state index contributed by atoms with van der Waals surface area (Å²) in [6.07, 6.45) is 13.9. The maximum absolute atomic E-state index is 2.85. The van der Waals surface area contributed by atoms with Crippen molar-refractivity contribution in [2.24, 2.45) is 0 Å². The highest BCUT2D eigenvalue weighted by Crippen LogP contribution is 2.45. The van der Waals surface area contributed by atoms with Crippen molar-refractivity contribution in [3.8, 4) is 0 Å². The number of para-hydroxylation sites is 1. The van der Waals surface area contributed by atoms with Gasteiger partial charge in [-0.3, -0.25) is 0 Å². The van der Waals surface area contributed by atoms with Crippen molar-refractivity contribution in [3.05, 3.63) is 30.3 Å². The molecule has 1 heteroatoms. The number of hydrogen-bond donors (Lipinski definition) is 0. The van der Waals surface area contributed by atoms with E-state index in [1.54, 1.807) is 0 Å². The van der Waals surface area contributed by atoms with E-state index >= 15 is 0 Å². The molecule has 1 aromatic rings. The average molecular weight is 285 g/mol. The predicted molar refractivity (Wildman–Crippen MR) is 91.9 cm³/mol. The van der Waals surface area contributed by atoms with Crippen molar-refractivity contribution < 1.29 is 0 Å². The molecule has 0 spiro atoms. The molecule has 116 valence electrons. The van der Waals surface area contributed by atoms with Crippen LogP contribution in [0.2, 0.25) is 0 Å². The second kappa shape index (κ2) is 6.02. The van der Waals surface area contributed by atoms with Crippen LogP contribution in [0.5, 0.6) is 0 Å². The first-order valence-corrected chi connectivity index (χ1v) is 9.00. The monoisotopic (exact) mass is 285 g/mol. The van der Waals surface area contributed by atoms with Crippen LogP contribution in [0.1, 0.15) is 78.1 Å². The fourth-order valence-electron chi connectivity index (χ4n) is 4.93. The second-order valence-corrected chi connectivity index (χ2v) is 7.79. The van der Waals surface area contributed by atoms with Crippen LogP contribution in [-0.4, -0.2) is 11.1 Å². The van der Waals surface area contributed by atoms with Crippen LogP contribution in [0.25, 0.3) is 0 Å². The summed E-state index contributed by atoms with van der Waals surface area (Å²) in [7, 11) is 0. The van der Waals surface area contributed by atoms with E-state index in [0.29, 0.717) is 11.1 Å². The van der Waals surface area contributed by atoms with Gasteiger partial charge in [0.05, 0.1) is 0 Å². The minimum atomic E-state index is 0.353. The van der Waals surface area contributed by atoms with Crippen molar-refractivity contribution in [3.63, 3.8) is 0 Å². The van der Waals surface area contributed by atoms with E-state index in [1.165, 1.54) is 69.9 Å². The van der Waals surface area contributed by atoms with Crippen LogP contribution in [-0.2, 0) is 0 Å². The summed E-state index contributed by atoms with van der Waals surface area (Å²) in [6, 6.07) is 11.2. The number of benzene rings is 1. The summed E-state index contributed by atoms with van der Waals surface area (Å²) in [5, 5.41) is 0. The lowest BCUT2D eigenvalue weighted by molar-refractivity contribution is 0.199. The summed E-state index contributed by atoms with van der Waals surface area (Å²) in [5.74, 6) is 0. The third-order valence-electron chi connectivity index (χ3n) is 5.96. The molecule has 1 aromatic carbocycles. The van der Waals surface area contributed by atoms with E-state index < -0.39 is 0 Å². The zero-order chi connectivity index (χ0) is 14.8. The molecule has 21 heavy (non-hydrogen) atoms. The Morgan fingerprint density at radius 3 is 1.52 bits per heavy atom.